The molecule has 0 aromatic carbocycles. The van der Waals surface area contributed by atoms with Crippen LogP contribution in [-0.2, 0) is 9.53 Å². The molecule has 4 heteroatoms. The minimum absolute atomic E-state index is 0.0126. The van der Waals surface area contributed by atoms with Crippen molar-refractivity contribution < 1.29 is 14.6 Å². The van der Waals surface area contributed by atoms with Gasteiger partial charge in [-0.2, -0.15) is 0 Å². The normalized spacial score (nSPS) is 18.6. The average molecular weight is 417 g/mol. The van der Waals surface area contributed by atoms with Crippen molar-refractivity contribution in [1.82, 2.24) is 0 Å². The quantitative estimate of drug-likeness (QED) is 0.124. The molecule has 0 bridgehead atoms. The van der Waals surface area contributed by atoms with E-state index in [1.807, 2.05) is 13.0 Å². The fourth-order valence-electron chi connectivity index (χ4n) is 3.66. The lowest BCUT2D eigenvalue weighted by atomic mass is 9.98. The second kappa shape index (κ2) is 13.5. The molecule has 29 heavy (non-hydrogen) atoms. The Hall–Kier alpha value is -1.73. The molecule has 0 saturated carbocycles. The van der Waals surface area contributed by atoms with Crippen LogP contribution in [0.4, 0.5) is 0 Å². The van der Waals surface area contributed by atoms with E-state index >= 15 is 0 Å². The van der Waals surface area contributed by atoms with E-state index in [9.17, 15) is 9.90 Å². The third-order valence-corrected chi connectivity index (χ3v) is 7.31. The molecule has 3 nitrogen and oxygen atoms in total. The van der Waals surface area contributed by atoms with Crippen LogP contribution in [-0.4, -0.2) is 25.6 Å². The fraction of sp³-hybridized carbons (Fsp3) is 0.640. The van der Waals surface area contributed by atoms with Crippen molar-refractivity contribution >= 4 is 13.9 Å². The summed E-state index contributed by atoms with van der Waals surface area (Å²) >= 11 is 0. The summed E-state index contributed by atoms with van der Waals surface area (Å²) in [5.74, 6) is 2.80. The molecule has 0 aliphatic heterocycles. The first-order valence-electron chi connectivity index (χ1n) is 11.3. The van der Waals surface area contributed by atoms with Gasteiger partial charge in [0.05, 0.1) is 14.7 Å². The SMILES string of the molecule is CCCCCC/C=C/[C@H]1C([Si](C)(C)C)=C(O)C(=O)/C1=C\CCCCC#COCC. The van der Waals surface area contributed by atoms with Gasteiger partial charge in [-0.05, 0) is 44.2 Å². The Morgan fingerprint density at radius 3 is 2.45 bits per heavy atom. The van der Waals surface area contributed by atoms with Crippen molar-refractivity contribution in [3.05, 3.63) is 34.8 Å². The van der Waals surface area contributed by atoms with E-state index in [0.717, 1.165) is 42.9 Å². The maximum atomic E-state index is 12.8. The number of unbranched alkanes of at least 4 members (excludes halogenated alkanes) is 7. The van der Waals surface area contributed by atoms with Crippen LogP contribution in [0.25, 0.3) is 0 Å². The molecule has 0 aromatic rings. The van der Waals surface area contributed by atoms with Crippen molar-refractivity contribution in [1.29, 1.82) is 0 Å². The van der Waals surface area contributed by atoms with Gasteiger partial charge in [0, 0.05) is 17.9 Å². The van der Waals surface area contributed by atoms with Crippen LogP contribution in [0.3, 0.4) is 0 Å². The second-order valence-corrected chi connectivity index (χ2v) is 13.8. The van der Waals surface area contributed by atoms with Gasteiger partial charge in [-0.25, -0.2) is 0 Å². The van der Waals surface area contributed by atoms with Gasteiger partial charge in [-0.15, -0.1) is 0 Å². The molecule has 1 rings (SSSR count). The number of allylic oxidation sites excluding steroid dienone is 5. The topological polar surface area (TPSA) is 46.5 Å². The number of ether oxygens (including phenoxy) is 1. The number of rotatable bonds is 12. The zero-order valence-electron chi connectivity index (χ0n) is 19.1. The van der Waals surface area contributed by atoms with Crippen LogP contribution in [0.5, 0.6) is 0 Å². The van der Waals surface area contributed by atoms with E-state index in [2.05, 4.69) is 50.7 Å². The van der Waals surface area contributed by atoms with Crippen molar-refractivity contribution in [3.63, 3.8) is 0 Å². The Labute approximate surface area is 179 Å². The summed E-state index contributed by atoms with van der Waals surface area (Å²) in [5, 5.41) is 11.6. The standard InChI is InChI=1S/C25H40O3Si/c1-6-8-9-10-12-16-19-22-21(18-15-13-11-14-17-20-28-7-2)23(26)24(27)25(22)29(3,4)5/h16,18-19,22,27H,6-15H2,1-5H3/b19-16+,21-18-/t22-/m1/s1. The van der Waals surface area contributed by atoms with Gasteiger partial charge in [0.25, 0.3) is 0 Å². The third-order valence-electron chi connectivity index (χ3n) is 5.15. The Morgan fingerprint density at radius 2 is 1.79 bits per heavy atom. The van der Waals surface area contributed by atoms with E-state index in [1.54, 1.807) is 0 Å². The van der Waals surface area contributed by atoms with Crippen molar-refractivity contribution in [2.75, 3.05) is 6.61 Å². The molecule has 0 aromatic heterocycles. The van der Waals surface area contributed by atoms with Crippen LogP contribution < -0.4 is 0 Å². The van der Waals surface area contributed by atoms with Gasteiger partial charge in [0.2, 0.25) is 5.78 Å². The molecule has 0 radical (unpaired) electrons. The molecule has 1 aliphatic carbocycles. The summed E-state index contributed by atoms with van der Waals surface area (Å²) in [4.78, 5) is 12.8. The maximum absolute atomic E-state index is 12.8. The lowest BCUT2D eigenvalue weighted by Gasteiger charge is -2.23. The maximum Gasteiger partial charge on any atom is 0.223 e. The van der Waals surface area contributed by atoms with Crippen LogP contribution in [0.15, 0.2) is 34.8 Å². The molecule has 0 saturated heterocycles. The van der Waals surface area contributed by atoms with Crippen LogP contribution >= 0.6 is 0 Å². The van der Waals surface area contributed by atoms with E-state index in [4.69, 9.17) is 4.74 Å². The number of hydrogen-bond acceptors (Lipinski definition) is 3. The third kappa shape index (κ3) is 8.66. The van der Waals surface area contributed by atoms with E-state index < -0.39 is 8.07 Å². The Morgan fingerprint density at radius 1 is 1.07 bits per heavy atom. The predicted molar refractivity (Wildman–Crippen MR) is 125 cm³/mol. The Kier molecular flexibility index (Phi) is 11.8. The number of hydrogen-bond donors (Lipinski definition) is 1. The minimum Gasteiger partial charge on any atom is -0.504 e. The highest BCUT2D eigenvalue weighted by molar-refractivity contribution is 6.84. The summed E-state index contributed by atoms with van der Waals surface area (Å²) in [5.41, 5.74) is 0.769. The van der Waals surface area contributed by atoms with Crippen LogP contribution in [0.1, 0.15) is 71.6 Å². The van der Waals surface area contributed by atoms with E-state index in [1.165, 1.54) is 25.7 Å². The number of aliphatic hydroxyl groups is 1. The van der Waals surface area contributed by atoms with Gasteiger partial charge in [0.1, 0.15) is 6.11 Å². The fourth-order valence-corrected chi connectivity index (χ4v) is 5.66. The first kappa shape index (κ1) is 25.3. The average Bonchev–Trinajstić information content (AvgIpc) is 2.91. The summed E-state index contributed by atoms with van der Waals surface area (Å²) < 4.78 is 5.02. The zero-order chi connectivity index (χ0) is 21.7. The predicted octanol–water partition coefficient (Wildman–Crippen LogP) is 6.89. The highest BCUT2D eigenvalue weighted by Gasteiger charge is 2.41. The monoisotopic (exact) mass is 416 g/mol. The van der Waals surface area contributed by atoms with Gasteiger partial charge in [-0.3, -0.25) is 4.79 Å². The molecule has 1 N–H and O–H groups in total. The highest BCUT2D eigenvalue weighted by atomic mass is 28.3. The Bertz CT molecular complexity index is 668. The number of aliphatic hydroxyl groups excluding tert-OH is 1. The highest BCUT2D eigenvalue weighted by Crippen LogP contribution is 2.39. The summed E-state index contributed by atoms with van der Waals surface area (Å²) in [6.45, 7) is 11.4. The number of carbonyl (C=O) groups excluding carboxylic acids is 1. The van der Waals surface area contributed by atoms with Crippen LogP contribution in [0.2, 0.25) is 19.6 Å². The van der Waals surface area contributed by atoms with Gasteiger partial charge < -0.3 is 9.84 Å². The lowest BCUT2D eigenvalue weighted by Crippen LogP contribution is -2.28. The van der Waals surface area contributed by atoms with Gasteiger partial charge in [0.15, 0.2) is 5.76 Å². The smallest absolute Gasteiger partial charge is 0.223 e. The number of ketones is 1. The summed E-state index contributed by atoms with van der Waals surface area (Å²) in [7, 11) is -1.80. The van der Waals surface area contributed by atoms with E-state index in [-0.39, 0.29) is 17.5 Å². The van der Waals surface area contributed by atoms with E-state index in [0.29, 0.717) is 6.61 Å². The van der Waals surface area contributed by atoms with Crippen molar-refractivity contribution in [2.24, 2.45) is 5.92 Å². The molecule has 0 heterocycles. The summed E-state index contributed by atoms with van der Waals surface area (Å²) in [6.07, 6.45) is 18.7. The molecule has 1 aliphatic rings. The first-order chi connectivity index (χ1) is 13.8. The Balaban J connectivity index is 2.78. The van der Waals surface area contributed by atoms with Crippen LogP contribution in [0, 0.1) is 17.9 Å². The zero-order valence-corrected chi connectivity index (χ0v) is 20.1. The number of Topliss-reactive ketones (excluding diaryl/α,β-unsaturated/α-hetero) is 1. The largest absolute Gasteiger partial charge is 0.504 e. The molecule has 1 atom stereocenters. The first-order valence-corrected chi connectivity index (χ1v) is 14.8. The molecule has 0 fully saturated rings. The minimum atomic E-state index is -1.80. The second-order valence-electron chi connectivity index (χ2n) is 8.71. The van der Waals surface area contributed by atoms with Crippen molar-refractivity contribution in [3.8, 4) is 12.0 Å². The molecule has 0 spiro atoms. The molecule has 162 valence electrons. The molecule has 0 amide bonds. The molecular weight excluding hydrogens is 376 g/mol. The molecular formula is C25H40O3Si. The molecule has 0 unspecified atom stereocenters. The summed E-state index contributed by atoms with van der Waals surface area (Å²) in [6, 6.07) is 0. The van der Waals surface area contributed by atoms with Gasteiger partial charge in [-0.1, -0.05) is 70.0 Å². The number of carbonyl (C=O) groups is 1. The van der Waals surface area contributed by atoms with Crippen molar-refractivity contribution in [2.45, 2.75) is 91.3 Å². The van der Waals surface area contributed by atoms with Gasteiger partial charge >= 0.3 is 0 Å². The lowest BCUT2D eigenvalue weighted by molar-refractivity contribution is -0.114.